The number of likely N-dealkylation sites (tertiary alicyclic amines) is 1. The van der Waals surface area contributed by atoms with E-state index >= 15 is 0 Å². The van der Waals surface area contributed by atoms with Gasteiger partial charge in [-0.2, -0.15) is 0 Å². The van der Waals surface area contributed by atoms with E-state index in [1.165, 1.54) is 6.92 Å². The standard InChI is InChI=1S/C9H15BrN2O2/c1-7(13)11-8-2-4-12(5-3-8)9(14)6-10/h8H,2-6H2,1H3,(H,11,13). The van der Waals surface area contributed by atoms with Crippen LogP contribution in [0, 0.1) is 0 Å². The SMILES string of the molecule is CC(=O)NC1CCN(C(=O)CBr)CC1. The summed E-state index contributed by atoms with van der Waals surface area (Å²) >= 11 is 3.14. The molecule has 14 heavy (non-hydrogen) atoms. The van der Waals surface area contributed by atoms with Gasteiger partial charge in [0.1, 0.15) is 0 Å². The van der Waals surface area contributed by atoms with Gasteiger partial charge in [-0.05, 0) is 12.8 Å². The first kappa shape index (κ1) is 11.5. The van der Waals surface area contributed by atoms with Crippen molar-refractivity contribution in [1.29, 1.82) is 0 Å². The summed E-state index contributed by atoms with van der Waals surface area (Å²) in [6, 6.07) is 0.242. The molecule has 4 nitrogen and oxygen atoms in total. The van der Waals surface area contributed by atoms with E-state index in [0.717, 1.165) is 25.9 Å². The molecule has 1 heterocycles. The van der Waals surface area contributed by atoms with Crippen molar-refractivity contribution in [2.75, 3.05) is 18.4 Å². The van der Waals surface area contributed by atoms with E-state index in [9.17, 15) is 9.59 Å². The Morgan fingerprint density at radius 1 is 1.43 bits per heavy atom. The molecule has 1 aliphatic heterocycles. The van der Waals surface area contributed by atoms with Crippen LogP contribution in [0.3, 0.4) is 0 Å². The predicted molar refractivity (Wildman–Crippen MR) is 57.2 cm³/mol. The topological polar surface area (TPSA) is 49.4 Å². The third-order valence-electron chi connectivity index (χ3n) is 2.37. The van der Waals surface area contributed by atoms with E-state index in [2.05, 4.69) is 21.2 Å². The number of halogens is 1. The largest absolute Gasteiger partial charge is 0.353 e. The van der Waals surface area contributed by atoms with E-state index < -0.39 is 0 Å². The number of rotatable bonds is 2. The molecule has 0 radical (unpaired) electrons. The Hall–Kier alpha value is -0.580. The molecule has 0 aromatic heterocycles. The van der Waals surface area contributed by atoms with Crippen LogP contribution in [-0.2, 0) is 9.59 Å². The highest BCUT2D eigenvalue weighted by atomic mass is 79.9. The molecule has 0 bridgehead atoms. The number of carbonyl (C=O) groups excluding carboxylic acids is 2. The van der Waals surface area contributed by atoms with Gasteiger partial charge >= 0.3 is 0 Å². The molecule has 1 aliphatic rings. The number of nitrogens with one attached hydrogen (secondary N) is 1. The highest BCUT2D eigenvalue weighted by Crippen LogP contribution is 2.10. The second kappa shape index (κ2) is 5.34. The van der Waals surface area contributed by atoms with Crippen LogP contribution in [0.25, 0.3) is 0 Å². The number of nitrogens with zero attached hydrogens (tertiary/aromatic N) is 1. The molecule has 1 N–H and O–H groups in total. The minimum atomic E-state index is 0.00951. The second-order valence-electron chi connectivity index (χ2n) is 3.49. The first-order valence-electron chi connectivity index (χ1n) is 4.74. The second-order valence-corrected chi connectivity index (χ2v) is 4.05. The quantitative estimate of drug-likeness (QED) is 0.738. The predicted octanol–water partition coefficient (Wildman–Crippen LogP) is 0.508. The molecule has 1 rings (SSSR count). The molecule has 80 valence electrons. The van der Waals surface area contributed by atoms with Crippen molar-refractivity contribution in [2.24, 2.45) is 0 Å². The summed E-state index contributed by atoms with van der Waals surface area (Å²) in [6.45, 7) is 3.01. The Balaban J connectivity index is 2.31. The van der Waals surface area contributed by atoms with Crippen molar-refractivity contribution in [2.45, 2.75) is 25.8 Å². The van der Waals surface area contributed by atoms with Gasteiger partial charge in [0.05, 0.1) is 5.33 Å². The maximum Gasteiger partial charge on any atom is 0.233 e. The third-order valence-corrected chi connectivity index (χ3v) is 2.85. The zero-order valence-electron chi connectivity index (χ0n) is 8.25. The van der Waals surface area contributed by atoms with Crippen molar-refractivity contribution in [3.8, 4) is 0 Å². The number of alkyl halides is 1. The van der Waals surface area contributed by atoms with Crippen molar-refractivity contribution >= 4 is 27.7 Å². The van der Waals surface area contributed by atoms with Crippen molar-refractivity contribution < 1.29 is 9.59 Å². The Bertz CT molecular complexity index is 225. The fourth-order valence-corrected chi connectivity index (χ4v) is 2.00. The van der Waals surface area contributed by atoms with Gasteiger partial charge in [0.2, 0.25) is 11.8 Å². The Labute approximate surface area is 92.2 Å². The lowest BCUT2D eigenvalue weighted by Crippen LogP contribution is -2.46. The summed E-state index contributed by atoms with van der Waals surface area (Å²) < 4.78 is 0. The minimum absolute atomic E-state index is 0.00951. The first-order chi connectivity index (χ1) is 6.63. The maximum absolute atomic E-state index is 11.3. The van der Waals surface area contributed by atoms with Gasteiger partial charge in [-0.1, -0.05) is 15.9 Å². The van der Waals surface area contributed by atoms with Gasteiger partial charge in [-0.15, -0.1) is 0 Å². The zero-order chi connectivity index (χ0) is 10.6. The molecule has 1 fully saturated rings. The molecule has 0 aliphatic carbocycles. The summed E-state index contributed by atoms with van der Waals surface area (Å²) in [4.78, 5) is 23.9. The van der Waals surface area contributed by atoms with Gasteiger partial charge in [-0.3, -0.25) is 9.59 Å². The van der Waals surface area contributed by atoms with Crippen LogP contribution < -0.4 is 5.32 Å². The molecule has 0 saturated carbocycles. The average Bonchev–Trinajstić information content (AvgIpc) is 2.17. The summed E-state index contributed by atoms with van der Waals surface area (Å²) in [5, 5.41) is 3.26. The van der Waals surface area contributed by atoms with Crippen LogP contribution in [-0.4, -0.2) is 41.2 Å². The molecule has 2 amide bonds. The maximum atomic E-state index is 11.3. The van der Waals surface area contributed by atoms with E-state index in [0.29, 0.717) is 5.33 Å². The molecule has 1 saturated heterocycles. The third kappa shape index (κ3) is 3.29. The van der Waals surface area contributed by atoms with Crippen molar-refractivity contribution in [3.05, 3.63) is 0 Å². The lowest BCUT2D eigenvalue weighted by molar-refractivity contribution is -0.129. The van der Waals surface area contributed by atoms with Gasteiger partial charge in [0, 0.05) is 26.1 Å². The lowest BCUT2D eigenvalue weighted by Gasteiger charge is -2.31. The molecule has 0 spiro atoms. The summed E-state index contributed by atoms with van der Waals surface area (Å²) in [6.07, 6.45) is 1.72. The number of carbonyl (C=O) groups is 2. The first-order valence-corrected chi connectivity index (χ1v) is 5.86. The van der Waals surface area contributed by atoms with Gasteiger partial charge in [0.15, 0.2) is 0 Å². The van der Waals surface area contributed by atoms with Gasteiger partial charge in [-0.25, -0.2) is 0 Å². The fraction of sp³-hybridized carbons (Fsp3) is 0.778. The van der Waals surface area contributed by atoms with Crippen LogP contribution >= 0.6 is 15.9 Å². The molecule has 0 unspecified atom stereocenters. The summed E-state index contributed by atoms with van der Waals surface area (Å²) in [7, 11) is 0. The molecule has 5 heteroatoms. The van der Waals surface area contributed by atoms with Crippen LogP contribution in [0.4, 0.5) is 0 Å². The molecular weight excluding hydrogens is 248 g/mol. The Kier molecular flexibility index (Phi) is 4.38. The molecule has 0 atom stereocenters. The van der Waals surface area contributed by atoms with Crippen LogP contribution in [0.5, 0.6) is 0 Å². The number of amides is 2. The summed E-state index contributed by atoms with van der Waals surface area (Å²) in [5.41, 5.74) is 0. The zero-order valence-corrected chi connectivity index (χ0v) is 9.84. The van der Waals surface area contributed by atoms with E-state index in [1.54, 1.807) is 0 Å². The highest BCUT2D eigenvalue weighted by Gasteiger charge is 2.22. The van der Waals surface area contributed by atoms with Crippen LogP contribution in [0.15, 0.2) is 0 Å². The minimum Gasteiger partial charge on any atom is -0.353 e. The fourth-order valence-electron chi connectivity index (χ4n) is 1.65. The van der Waals surface area contributed by atoms with Gasteiger partial charge in [0.25, 0.3) is 0 Å². The molecule has 0 aromatic rings. The number of hydrogen-bond acceptors (Lipinski definition) is 2. The van der Waals surface area contributed by atoms with Crippen LogP contribution in [0.2, 0.25) is 0 Å². The van der Waals surface area contributed by atoms with Crippen LogP contribution in [0.1, 0.15) is 19.8 Å². The summed E-state index contributed by atoms with van der Waals surface area (Å²) in [5.74, 6) is 0.140. The Morgan fingerprint density at radius 2 is 2.00 bits per heavy atom. The number of piperidine rings is 1. The smallest absolute Gasteiger partial charge is 0.233 e. The molecule has 0 aromatic carbocycles. The van der Waals surface area contributed by atoms with E-state index in [1.807, 2.05) is 4.90 Å². The average molecular weight is 263 g/mol. The van der Waals surface area contributed by atoms with E-state index in [-0.39, 0.29) is 17.9 Å². The van der Waals surface area contributed by atoms with Gasteiger partial charge < -0.3 is 10.2 Å². The number of hydrogen-bond donors (Lipinski definition) is 1. The highest BCUT2D eigenvalue weighted by molar-refractivity contribution is 9.09. The normalized spacial score (nSPS) is 18.0. The molecular formula is C9H15BrN2O2. The van der Waals surface area contributed by atoms with E-state index in [4.69, 9.17) is 0 Å². The lowest BCUT2D eigenvalue weighted by atomic mass is 10.1. The van der Waals surface area contributed by atoms with Crippen molar-refractivity contribution in [1.82, 2.24) is 10.2 Å². The Morgan fingerprint density at radius 3 is 2.43 bits per heavy atom. The van der Waals surface area contributed by atoms with Crippen molar-refractivity contribution in [3.63, 3.8) is 0 Å². The monoisotopic (exact) mass is 262 g/mol.